The Morgan fingerprint density at radius 1 is 1.04 bits per heavy atom. The quantitative estimate of drug-likeness (QED) is 0.825. The van der Waals surface area contributed by atoms with Crippen LogP contribution in [0.25, 0.3) is 0 Å². The highest BCUT2D eigenvalue weighted by Crippen LogP contribution is 2.17. The van der Waals surface area contributed by atoms with Crippen molar-refractivity contribution in [3.8, 4) is 5.75 Å². The number of para-hydroxylation sites is 1. The average Bonchev–Trinajstić information content (AvgIpc) is 2.58. The van der Waals surface area contributed by atoms with Gasteiger partial charge in [-0.1, -0.05) is 18.2 Å². The predicted octanol–water partition coefficient (Wildman–Crippen LogP) is 2.27. The molecule has 7 heteroatoms. The smallest absolute Gasteiger partial charge is 0.313 e. The minimum atomic E-state index is -1.11. The van der Waals surface area contributed by atoms with Gasteiger partial charge in [-0.25, -0.2) is 8.78 Å². The van der Waals surface area contributed by atoms with Crippen LogP contribution < -0.4 is 15.4 Å². The zero-order valence-electron chi connectivity index (χ0n) is 12.9. The Morgan fingerprint density at radius 2 is 1.79 bits per heavy atom. The lowest BCUT2D eigenvalue weighted by atomic mass is 10.1. The van der Waals surface area contributed by atoms with Crippen LogP contribution in [0.15, 0.2) is 42.5 Å². The van der Waals surface area contributed by atoms with Crippen LogP contribution in [0.3, 0.4) is 0 Å². The molecule has 0 radical (unpaired) electrons. The molecular weight excluding hydrogens is 318 g/mol. The third-order valence-corrected chi connectivity index (χ3v) is 3.26. The van der Waals surface area contributed by atoms with Crippen LogP contribution in [0.2, 0.25) is 0 Å². The molecule has 0 fully saturated rings. The number of carbonyl (C=O) groups is 2. The maximum absolute atomic E-state index is 13.1. The SMILES string of the molecule is COc1ccccc1CCNC(=O)C(=O)Nc1ccc(F)c(F)c1. The fourth-order valence-corrected chi connectivity index (χ4v) is 2.06. The van der Waals surface area contributed by atoms with E-state index in [4.69, 9.17) is 4.74 Å². The van der Waals surface area contributed by atoms with Gasteiger partial charge in [0.2, 0.25) is 0 Å². The number of halogens is 2. The monoisotopic (exact) mass is 334 g/mol. The summed E-state index contributed by atoms with van der Waals surface area (Å²) >= 11 is 0. The molecule has 126 valence electrons. The van der Waals surface area contributed by atoms with Crippen LogP contribution in [0.1, 0.15) is 5.56 Å². The molecule has 0 spiro atoms. The maximum Gasteiger partial charge on any atom is 0.313 e. The van der Waals surface area contributed by atoms with Crippen molar-refractivity contribution < 1.29 is 23.1 Å². The van der Waals surface area contributed by atoms with Crippen LogP contribution >= 0.6 is 0 Å². The lowest BCUT2D eigenvalue weighted by Crippen LogP contribution is -2.36. The molecule has 0 atom stereocenters. The number of nitrogens with one attached hydrogen (secondary N) is 2. The Labute approximate surface area is 137 Å². The molecule has 2 rings (SSSR count). The van der Waals surface area contributed by atoms with Crippen molar-refractivity contribution in [2.24, 2.45) is 0 Å². The van der Waals surface area contributed by atoms with Gasteiger partial charge in [0, 0.05) is 18.3 Å². The van der Waals surface area contributed by atoms with Gasteiger partial charge in [0.1, 0.15) is 5.75 Å². The Bertz CT molecular complexity index is 750. The van der Waals surface area contributed by atoms with Crippen molar-refractivity contribution in [3.63, 3.8) is 0 Å². The summed E-state index contributed by atoms with van der Waals surface area (Å²) in [7, 11) is 1.55. The zero-order chi connectivity index (χ0) is 17.5. The van der Waals surface area contributed by atoms with Gasteiger partial charge in [0.15, 0.2) is 11.6 Å². The van der Waals surface area contributed by atoms with E-state index in [9.17, 15) is 18.4 Å². The Morgan fingerprint density at radius 3 is 2.50 bits per heavy atom. The second kappa shape index (κ2) is 8.05. The molecule has 2 amide bonds. The Kier molecular flexibility index (Phi) is 5.83. The van der Waals surface area contributed by atoms with Crippen LogP contribution in [0.4, 0.5) is 14.5 Å². The van der Waals surface area contributed by atoms with E-state index >= 15 is 0 Å². The molecule has 0 aliphatic heterocycles. The Hall–Kier alpha value is -2.96. The first-order chi connectivity index (χ1) is 11.5. The largest absolute Gasteiger partial charge is 0.496 e. The number of amides is 2. The molecule has 0 aliphatic rings. The van der Waals surface area contributed by atoms with Gasteiger partial charge < -0.3 is 15.4 Å². The van der Waals surface area contributed by atoms with Gasteiger partial charge in [-0.3, -0.25) is 9.59 Å². The standard InChI is InChI=1S/C17H16F2N2O3/c1-24-15-5-3-2-4-11(15)8-9-20-16(22)17(23)21-12-6-7-13(18)14(19)10-12/h2-7,10H,8-9H2,1H3,(H,20,22)(H,21,23). The molecular formula is C17H16F2N2O3. The van der Waals surface area contributed by atoms with E-state index in [0.717, 1.165) is 17.7 Å². The molecule has 0 heterocycles. The van der Waals surface area contributed by atoms with Crippen molar-refractivity contribution in [3.05, 3.63) is 59.7 Å². The van der Waals surface area contributed by atoms with E-state index in [1.807, 2.05) is 18.2 Å². The summed E-state index contributed by atoms with van der Waals surface area (Å²) in [4.78, 5) is 23.4. The lowest BCUT2D eigenvalue weighted by molar-refractivity contribution is -0.136. The van der Waals surface area contributed by atoms with Gasteiger partial charge in [0.25, 0.3) is 0 Å². The van der Waals surface area contributed by atoms with Gasteiger partial charge in [-0.2, -0.15) is 0 Å². The molecule has 2 aromatic carbocycles. The number of hydrogen-bond donors (Lipinski definition) is 2. The summed E-state index contributed by atoms with van der Waals surface area (Å²) in [6, 6.07) is 10.2. The van der Waals surface area contributed by atoms with Crippen molar-refractivity contribution in [1.82, 2.24) is 5.32 Å². The zero-order valence-corrected chi connectivity index (χ0v) is 12.9. The molecule has 0 aromatic heterocycles. The Balaban J connectivity index is 1.85. The molecule has 0 unspecified atom stereocenters. The van der Waals surface area contributed by atoms with Gasteiger partial charge in [0.05, 0.1) is 7.11 Å². The predicted molar refractivity (Wildman–Crippen MR) is 84.7 cm³/mol. The molecule has 2 aromatic rings. The fourth-order valence-electron chi connectivity index (χ4n) is 2.06. The van der Waals surface area contributed by atoms with Crippen molar-refractivity contribution in [1.29, 1.82) is 0 Å². The molecule has 0 bridgehead atoms. The second-order valence-electron chi connectivity index (χ2n) is 4.90. The molecule has 0 saturated heterocycles. The summed E-state index contributed by atoms with van der Waals surface area (Å²) in [6.45, 7) is 0.227. The van der Waals surface area contributed by atoms with Crippen LogP contribution in [-0.4, -0.2) is 25.5 Å². The van der Waals surface area contributed by atoms with Crippen LogP contribution in [-0.2, 0) is 16.0 Å². The number of methoxy groups -OCH3 is 1. The van der Waals surface area contributed by atoms with Crippen molar-refractivity contribution >= 4 is 17.5 Å². The lowest BCUT2D eigenvalue weighted by Gasteiger charge is -2.09. The van der Waals surface area contributed by atoms with Gasteiger partial charge in [-0.15, -0.1) is 0 Å². The summed E-state index contributed by atoms with van der Waals surface area (Å²) in [5, 5.41) is 4.65. The van der Waals surface area contributed by atoms with Gasteiger partial charge in [-0.05, 0) is 30.2 Å². The molecule has 5 nitrogen and oxygen atoms in total. The minimum absolute atomic E-state index is 0.00113. The first-order valence-corrected chi connectivity index (χ1v) is 7.17. The summed E-state index contributed by atoms with van der Waals surface area (Å²) < 4.78 is 31.1. The average molecular weight is 334 g/mol. The number of hydrogen-bond acceptors (Lipinski definition) is 3. The van der Waals surface area contributed by atoms with E-state index in [0.29, 0.717) is 12.2 Å². The van der Waals surface area contributed by atoms with Crippen LogP contribution in [0, 0.1) is 11.6 Å². The second-order valence-corrected chi connectivity index (χ2v) is 4.90. The number of carbonyl (C=O) groups excluding carboxylic acids is 2. The van der Waals surface area contributed by atoms with Crippen molar-refractivity contribution in [2.45, 2.75) is 6.42 Å². The normalized spacial score (nSPS) is 10.1. The summed E-state index contributed by atoms with van der Waals surface area (Å²) in [5.41, 5.74) is 0.889. The number of ether oxygens (including phenoxy) is 1. The summed E-state index contributed by atoms with van der Waals surface area (Å²) in [6.07, 6.45) is 0.480. The van der Waals surface area contributed by atoms with E-state index in [2.05, 4.69) is 10.6 Å². The topological polar surface area (TPSA) is 67.4 Å². The highest BCUT2D eigenvalue weighted by molar-refractivity contribution is 6.39. The highest BCUT2D eigenvalue weighted by atomic mass is 19.2. The number of benzene rings is 2. The molecule has 0 saturated carbocycles. The third kappa shape index (κ3) is 4.52. The molecule has 0 aliphatic carbocycles. The van der Waals surface area contributed by atoms with E-state index in [1.165, 1.54) is 6.07 Å². The van der Waals surface area contributed by atoms with Crippen molar-refractivity contribution in [2.75, 3.05) is 19.0 Å². The molecule has 24 heavy (non-hydrogen) atoms. The first kappa shape index (κ1) is 17.4. The fraction of sp³-hybridized carbons (Fsp3) is 0.176. The van der Waals surface area contributed by atoms with Gasteiger partial charge >= 0.3 is 11.8 Å². The van der Waals surface area contributed by atoms with E-state index in [1.54, 1.807) is 13.2 Å². The highest BCUT2D eigenvalue weighted by Gasteiger charge is 2.14. The summed E-state index contributed by atoms with van der Waals surface area (Å²) in [5.74, 6) is -3.27. The number of rotatable bonds is 5. The molecule has 2 N–H and O–H groups in total. The maximum atomic E-state index is 13.1. The van der Waals surface area contributed by atoms with E-state index in [-0.39, 0.29) is 12.2 Å². The first-order valence-electron chi connectivity index (χ1n) is 7.17. The van der Waals surface area contributed by atoms with Crippen LogP contribution in [0.5, 0.6) is 5.75 Å². The number of anilines is 1. The van der Waals surface area contributed by atoms with E-state index < -0.39 is 23.4 Å². The minimum Gasteiger partial charge on any atom is -0.496 e. The third-order valence-electron chi connectivity index (χ3n) is 3.26.